The van der Waals surface area contributed by atoms with Gasteiger partial charge in [0.15, 0.2) is 11.6 Å². The number of carbonyl (C=O) groups is 1. The van der Waals surface area contributed by atoms with Crippen LogP contribution in [0, 0.1) is 0 Å². The fourth-order valence-electron chi connectivity index (χ4n) is 5.17. The zero-order chi connectivity index (χ0) is 31.6. The van der Waals surface area contributed by atoms with Crippen LogP contribution in [0.5, 0.6) is 5.75 Å². The normalized spacial score (nSPS) is 17.1. The van der Waals surface area contributed by atoms with Gasteiger partial charge in [-0.05, 0) is 70.2 Å². The number of ether oxygens (including phenoxy) is 2. The molecule has 0 spiro atoms. The molecule has 0 aromatic heterocycles. The Bertz CT molecular complexity index is 1710. The van der Waals surface area contributed by atoms with Crippen molar-refractivity contribution in [3.05, 3.63) is 145 Å². The Kier molecular flexibility index (Phi) is 10.8. The number of hydrogen-bond donors (Lipinski definition) is 2. The summed E-state index contributed by atoms with van der Waals surface area (Å²) in [7, 11) is 0. The second kappa shape index (κ2) is 15.1. The second-order valence-corrected chi connectivity index (χ2v) is 11.7. The van der Waals surface area contributed by atoms with E-state index in [2.05, 4.69) is 31.3 Å². The number of amides is 1. The Balaban J connectivity index is 1.60. The van der Waals surface area contributed by atoms with E-state index < -0.39 is 11.6 Å². The third kappa shape index (κ3) is 7.67. The summed E-state index contributed by atoms with van der Waals surface area (Å²) in [6, 6.07) is 29.7. The highest BCUT2D eigenvalue weighted by atomic mass is 79.9. The van der Waals surface area contributed by atoms with E-state index in [1.165, 1.54) is 0 Å². The molecule has 4 aromatic carbocycles. The van der Waals surface area contributed by atoms with Gasteiger partial charge >= 0.3 is 0 Å². The number of carbonyl (C=O) groups excluding carboxylic acids is 1. The van der Waals surface area contributed by atoms with E-state index in [0.29, 0.717) is 40.8 Å². The minimum absolute atomic E-state index is 0.0466. The number of nitrogens with zero attached hydrogens (tertiary/aromatic N) is 4. The molecule has 11 heteroatoms. The van der Waals surface area contributed by atoms with Gasteiger partial charge in [0.05, 0.1) is 13.2 Å². The van der Waals surface area contributed by atoms with Gasteiger partial charge in [-0.15, -0.1) is 0 Å². The lowest BCUT2D eigenvalue weighted by atomic mass is 9.80. The molecule has 0 saturated heterocycles. The quantitative estimate of drug-likeness (QED) is 0.0653. The molecule has 5 rings (SSSR count). The van der Waals surface area contributed by atoms with Crippen LogP contribution in [0.2, 0.25) is 5.02 Å². The Hall–Kier alpha value is -4.34. The van der Waals surface area contributed by atoms with Gasteiger partial charge in [0.25, 0.3) is 5.91 Å². The largest absolute Gasteiger partial charge is 0.494 e. The van der Waals surface area contributed by atoms with Crippen molar-refractivity contribution in [1.82, 2.24) is 5.32 Å². The number of rotatable bonds is 13. The van der Waals surface area contributed by atoms with Crippen molar-refractivity contribution in [2.24, 2.45) is 10.1 Å². The number of aliphatic hydroxyl groups is 1. The van der Waals surface area contributed by atoms with Crippen molar-refractivity contribution in [1.29, 1.82) is 0 Å². The monoisotopic (exact) mass is 687 g/mol. The van der Waals surface area contributed by atoms with Gasteiger partial charge in [-0.25, -0.2) is 4.99 Å². The first-order valence-electron chi connectivity index (χ1n) is 14.4. The molecule has 45 heavy (non-hydrogen) atoms. The van der Waals surface area contributed by atoms with Crippen molar-refractivity contribution in [2.45, 2.75) is 37.6 Å². The minimum atomic E-state index is -1.44. The number of azide groups is 1. The van der Waals surface area contributed by atoms with Crippen LogP contribution in [-0.2, 0) is 29.0 Å². The summed E-state index contributed by atoms with van der Waals surface area (Å²) in [5.74, 6) is 0.618. The van der Waals surface area contributed by atoms with Crippen molar-refractivity contribution in [3.8, 4) is 5.75 Å². The molecule has 0 unspecified atom stereocenters. The summed E-state index contributed by atoms with van der Waals surface area (Å²) >= 11 is 9.74. The summed E-state index contributed by atoms with van der Waals surface area (Å²) < 4.78 is 13.2. The first-order valence-corrected chi connectivity index (χ1v) is 15.6. The van der Waals surface area contributed by atoms with Crippen LogP contribution < -0.4 is 10.1 Å². The van der Waals surface area contributed by atoms with E-state index in [4.69, 9.17) is 36.7 Å². The highest BCUT2D eigenvalue weighted by Crippen LogP contribution is 2.44. The molecule has 230 valence electrons. The highest BCUT2D eigenvalue weighted by Gasteiger charge is 2.54. The SMILES string of the molecule is [N-]=[N+]=NCc1ccccc1[C@H]1OC(c2ccc(OCCCO)cc2)=N[C@@]1(Cc1ccccc1Br)C(=O)NCc1ccc(Cl)cc1. The van der Waals surface area contributed by atoms with E-state index in [9.17, 15) is 4.79 Å². The lowest BCUT2D eigenvalue weighted by molar-refractivity contribution is -0.129. The Morgan fingerprint density at radius 3 is 2.47 bits per heavy atom. The van der Waals surface area contributed by atoms with Crippen LogP contribution in [0.3, 0.4) is 0 Å². The van der Waals surface area contributed by atoms with Crippen LogP contribution in [0.1, 0.15) is 40.3 Å². The standard InChI is InChI=1S/C34H31BrClN5O4/c35-30-9-4-2-6-25(30)20-34(33(43)38-21-23-10-14-27(36)15-11-23)31(29-8-3-1-7-26(29)22-39-41-37)45-32(40-34)24-12-16-28(17-13-24)44-19-5-18-42/h1-4,6-17,31,42H,5,18-22H2,(H,38,43)/t31-,34-/m1/s1. The molecule has 1 aliphatic heterocycles. The van der Waals surface area contributed by atoms with Gasteiger partial charge in [0.2, 0.25) is 5.90 Å². The number of aliphatic hydroxyl groups excluding tert-OH is 1. The predicted octanol–water partition coefficient (Wildman–Crippen LogP) is 7.49. The zero-order valence-electron chi connectivity index (χ0n) is 24.3. The maximum absolute atomic E-state index is 14.5. The molecule has 1 amide bonds. The summed E-state index contributed by atoms with van der Waals surface area (Å²) in [6.07, 6.45) is -0.111. The summed E-state index contributed by atoms with van der Waals surface area (Å²) in [6.45, 7) is 0.774. The van der Waals surface area contributed by atoms with Gasteiger partial charge in [0, 0.05) is 46.0 Å². The number of nitrogens with one attached hydrogen (secondary N) is 1. The van der Waals surface area contributed by atoms with E-state index >= 15 is 0 Å². The first-order chi connectivity index (χ1) is 21.9. The maximum atomic E-state index is 14.5. The molecule has 4 aromatic rings. The summed E-state index contributed by atoms with van der Waals surface area (Å²) in [4.78, 5) is 22.6. The molecule has 1 aliphatic rings. The van der Waals surface area contributed by atoms with E-state index in [1.54, 1.807) is 24.3 Å². The van der Waals surface area contributed by atoms with Crippen LogP contribution in [0.4, 0.5) is 0 Å². The van der Waals surface area contributed by atoms with Gasteiger partial charge in [-0.1, -0.05) is 87.2 Å². The van der Waals surface area contributed by atoms with E-state index in [0.717, 1.165) is 21.2 Å². The zero-order valence-corrected chi connectivity index (χ0v) is 26.6. The molecule has 2 N–H and O–H groups in total. The van der Waals surface area contributed by atoms with Crippen LogP contribution in [0.25, 0.3) is 10.4 Å². The molecule has 2 atom stereocenters. The third-order valence-corrected chi connectivity index (χ3v) is 8.48. The molecule has 9 nitrogen and oxygen atoms in total. The smallest absolute Gasteiger partial charge is 0.252 e. The number of halogens is 2. The molecular formula is C34H31BrClN5O4. The molecule has 0 saturated carbocycles. The highest BCUT2D eigenvalue weighted by molar-refractivity contribution is 9.10. The molecule has 0 fully saturated rings. The predicted molar refractivity (Wildman–Crippen MR) is 177 cm³/mol. The van der Waals surface area contributed by atoms with E-state index in [-0.39, 0.29) is 32.0 Å². The molecular weight excluding hydrogens is 658 g/mol. The van der Waals surface area contributed by atoms with Gasteiger partial charge < -0.3 is 19.9 Å². The number of aliphatic imine (C=N–C) groups is 1. The first kappa shape index (κ1) is 32.1. The minimum Gasteiger partial charge on any atom is -0.494 e. The van der Waals surface area contributed by atoms with E-state index in [1.807, 2.05) is 72.8 Å². The number of hydrogen-bond acceptors (Lipinski definition) is 6. The molecule has 1 heterocycles. The van der Waals surface area contributed by atoms with Gasteiger partial charge in [-0.3, -0.25) is 4.79 Å². The Labute approximate surface area is 274 Å². The van der Waals surface area contributed by atoms with Crippen molar-refractivity contribution in [2.75, 3.05) is 13.2 Å². The van der Waals surface area contributed by atoms with Crippen LogP contribution in [-0.4, -0.2) is 35.7 Å². The fourth-order valence-corrected chi connectivity index (χ4v) is 5.72. The Morgan fingerprint density at radius 2 is 1.76 bits per heavy atom. The van der Waals surface area contributed by atoms with Gasteiger partial charge in [0.1, 0.15) is 5.75 Å². The lowest BCUT2D eigenvalue weighted by Crippen LogP contribution is -2.50. The van der Waals surface area contributed by atoms with Crippen LogP contribution >= 0.6 is 27.5 Å². The topological polar surface area (TPSA) is 129 Å². The summed E-state index contributed by atoms with van der Waals surface area (Å²) in [5, 5.41) is 16.6. The van der Waals surface area contributed by atoms with Crippen LogP contribution in [0.15, 0.2) is 112 Å². The van der Waals surface area contributed by atoms with Crippen molar-refractivity contribution >= 4 is 39.3 Å². The Morgan fingerprint density at radius 1 is 1.04 bits per heavy atom. The maximum Gasteiger partial charge on any atom is 0.252 e. The average molecular weight is 689 g/mol. The number of benzene rings is 4. The average Bonchev–Trinajstić information content (AvgIpc) is 3.45. The molecule has 0 bridgehead atoms. The second-order valence-electron chi connectivity index (χ2n) is 10.5. The molecule has 0 aliphatic carbocycles. The van der Waals surface area contributed by atoms with Crippen molar-refractivity contribution in [3.63, 3.8) is 0 Å². The summed E-state index contributed by atoms with van der Waals surface area (Å²) in [5.41, 5.74) is 11.5. The van der Waals surface area contributed by atoms with Crippen molar-refractivity contribution < 1.29 is 19.4 Å². The fraction of sp³-hybridized carbons (Fsp3) is 0.235. The molecule has 0 radical (unpaired) electrons. The lowest BCUT2D eigenvalue weighted by Gasteiger charge is -2.32. The third-order valence-electron chi connectivity index (χ3n) is 7.46. The van der Waals surface area contributed by atoms with Gasteiger partial charge in [-0.2, -0.15) is 0 Å².